The van der Waals surface area contributed by atoms with Crippen molar-refractivity contribution in [1.29, 1.82) is 0 Å². The van der Waals surface area contributed by atoms with Crippen LogP contribution in [0, 0.1) is 0 Å². The van der Waals surface area contributed by atoms with E-state index in [1.807, 2.05) is 55.5 Å². The zero-order valence-corrected chi connectivity index (χ0v) is 15.1. The Balaban J connectivity index is 1.63. The molecular formula is C20H22N2O4. The summed E-state index contributed by atoms with van der Waals surface area (Å²) in [4.78, 5) is 17.8. The van der Waals surface area contributed by atoms with Crippen molar-refractivity contribution in [3.63, 3.8) is 0 Å². The number of benzene rings is 2. The van der Waals surface area contributed by atoms with E-state index in [2.05, 4.69) is 10.5 Å². The van der Waals surface area contributed by atoms with Gasteiger partial charge in [-0.05, 0) is 30.7 Å². The third-order valence-electron chi connectivity index (χ3n) is 4.34. The molecule has 6 heteroatoms. The summed E-state index contributed by atoms with van der Waals surface area (Å²) in [7, 11) is 3.16. The van der Waals surface area contributed by atoms with E-state index in [0.717, 1.165) is 11.1 Å². The smallest absolute Gasteiger partial charge is 0.264 e. The number of oxime groups is 1. The lowest BCUT2D eigenvalue weighted by atomic mass is 10.0. The first-order valence-electron chi connectivity index (χ1n) is 8.42. The predicted octanol–water partition coefficient (Wildman–Crippen LogP) is 3.07. The summed E-state index contributed by atoms with van der Waals surface area (Å²) in [6.07, 6.45) is -0.229. The van der Waals surface area contributed by atoms with Crippen molar-refractivity contribution in [3.05, 3.63) is 59.7 Å². The predicted molar refractivity (Wildman–Crippen MR) is 98.6 cm³/mol. The van der Waals surface area contributed by atoms with Crippen LogP contribution >= 0.6 is 0 Å². The largest absolute Gasteiger partial charge is 0.493 e. The van der Waals surface area contributed by atoms with Crippen molar-refractivity contribution >= 4 is 11.6 Å². The molecule has 26 heavy (non-hydrogen) atoms. The summed E-state index contributed by atoms with van der Waals surface area (Å²) in [5.74, 6) is 1.07. The maximum absolute atomic E-state index is 12.5. The lowest BCUT2D eigenvalue weighted by Gasteiger charge is -2.16. The van der Waals surface area contributed by atoms with Gasteiger partial charge >= 0.3 is 0 Å². The molecule has 6 nitrogen and oxygen atoms in total. The molecule has 2 aromatic rings. The van der Waals surface area contributed by atoms with Gasteiger partial charge in [-0.1, -0.05) is 35.5 Å². The number of rotatable bonds is 6. The number of hydrogen-bond donors (Lipinski definition) is 1. The average molecular weight is 354 g/mol. The number of nitrogens with one attached hydrogen (secondary N) is 1. The van der Waals surface area contributed by atoms with E-state index in [0.29, 0.717) is 23.6 Å². The van der Waals surface area contributed by atoms with Gasteiger partial charge in [-0.3, -0.25) is 4.79 Å². The number of hydrogen-bond acceptors (Lipinski definition) is 5. The Morgan fingerprint density at radius 3 is 2.58 bits per heavy atom. The highest BCUT2D eigenvalue weighted by Crippen LogP contribution is 2.29. The lowest BCUT2D eigenvalue weighted by Crippen LogP contribution is -2.36. The van der Waals surface area contributed by atoms with Crippen LogP contribution < -0.4 is 14.8 Å². The fourth-order valence-corrected chi connectivity index (χ4v) is 2.84. The Morgan fingerprint density at radius 2 is 1.88 bits per heavy atom. The van der Waals surface area contributed by atoms with E-state index < -0.39 is 6.10 Å². The molecule has 1 N–H and O–H groups in total. The average Bonchev–Trinajstić information content (AvgIpc) is 3.18. The molecular weight excluding hydrogens is 332 g/mol. The molecule has 0 aliphatic carbocycles. The minimum Gasteiger partial charge on any atom is -0.493 e. The number of carbonyl (C=O) groups is 1. The van der Waals surface area contributed by atoms with Crippen molar-refractivity contribution in [1.82, 2.24) is 5.32 Å². The first kappa shape index (κ1) is 17.8. The molecule has 1 heterocycles. The summed E-state index contributed by atoms with van der Waals surface area (Å²) in [5, 5.41) is 7.05. The van der Waals surface area contributed by atoms with Crippen LogP contribution in [-0.4, -0.2) is 31.9 Å². The molecule has 2 aromatic carbocycles. The molecule has 0 spiro atoms. The highest BCUT2D eigenvalue weighted by atomic mass is 16.6. The van der Waals surface area contributed by atoms with Crippen LogP contribution in [0.25, 0.3) is 0 Å². The van der Waals surface area contributed by atoms with Crippen molar-refractivity contribution < 1.29 is 19.1 Å². The molecule has 136 valence electrons. The molecule has 0 fully saturated rings. The SMILES string of the molecule is COc1ccc(C2=NO[C@@H](C(=O)N[C@@H](C)c3ccccc3)C2)cc1OC. The van der Waals surface area contributed by atoms with Gasteiger partial charge < -0.3 is 19.6 Å². The van der Waals surface area contributed by atoms with Gasteiger partial charge in [0.05, 0.1) is 26.0 Å². The molecule has 0 aromatic heterocycles. The fraction of sp³-hybridized carbons (Fsp3) is 0.300. The molecule has 0 radical (unpaired) electrons. The molecule has 0 saturated carbocycles. The quantitative estimate of drug-likeness (QED) is 0.866. The van der Waals surface area contributed by atoms with Crippen molar-refractivity contribution in [2.75, 3.05) is 14.2 Å². The topological polar surface area (TPSA) is 69.2 Å². The van der Waals surface area contributed by atoms with E-state index in [4.69, 9.17) is 14.3 Å². The summed E-state index contributed by atoms with van der Waals surface area (Å²) in [6, 6.07) is 15.2. The first-order valence-corrected chi connectivity index (χ1v) is 8.42. The van der Waals surface area contributed by atoms with Gasteiger partial charge in [0, 0.05) is 12.0 Å². The zero-order valence-electron chi connectivity index (χ0n) is 15.1. The maximum atomic E-state index is 12.5. The summed E-state index contributed by atoms with van der Waals surface area (Å²) < 4.78 is 10.6. The molecule has 1 aliphatic rings. The standard InChI is InChI=1S/C20H22N2O4/c1-13(14-7-5-4-6-8-14)21-20(23)19-12-16(22-26-19)15-9-10-17(24-2)18(11-15)25-3/h4-11,13,19H,12H2,1-3H3,(H,21,23)/t13-,19+/m0/s1. The lowest BCUT2D eigenvalue weighted by molar-refractivity contribution is -0.131. The van der Waals surface area contributed by atoms with Crippen LogP contribution in [0.15, 0.2) is 53.7 Å². The van der Waals surface area contributed by atoms with Crippen LogP contribution in [-0.2, 0) is 9.63 Å². The summed E-state index contributed by atoms with van der Waals surface area (Å²) in [6.45, 7) is 1.94. The zero-order chi connectivity index (χ0) is 18.5. The van der Waals surface area contributed by atoms with Crippen LogP contribution in [0.2, 0.25) is 0 Å². The van der Waals surface area contributed by atoms with E-state index in [1.165, 1.54) is 0 Å². The van der Waals surface area contributed by atoms with Crippen molar-refractivity contribution in [2.24, 2.45) is 5.16 Å². The maximum Gasteiger partial charge on any atom is 0.264 e. The third kappa shape index (κ3) is 3.79. The van der Waals surface area contributed by atoms with E-state index >= 15 is 0 Å². The number of carbonyl (C=O) groups excluding carboxylic acids is 1. The summed E-state index contributed by atoms with van der Waals surface area (Å²) >= 11 is 0. The van der Waals surface area contributed by atoms with Gasteiger partial charge in [0.25, 0.3) is 5.91 Å². The van der Waals surface area contributed by atoms with Crippen LogP contribution in [0.5, 0.6) is 11.5 Å². The van der Waals surface area contributed by atoms with E-state index in [9.17, 15) is 4.79 Å². The van der Waals surface area contributed by atoms with Gasteiger partial charge in [0.2, 0.25) is 6.10 Å². The minimum absolute atomic E-state index is 0.0996. The number of nitrogens with zero attached hydrogens (tertiary/aromatic N) is 1. The second kappa shape index (κ2) is 7.91. The molecule has 0 bridgehead atoms. The highest BCUT2D eigenvalue weighted by molar-refractivity contribution is 6.04. The fourth-order valence-electron chi connectivity index (χ4n) is 2.84. The highest BCUT2D eigenvalue weighted by Gasteiger charge is 2.30. The molecule has 0 saturated heterocycles. The number of amides is 1. The first-order chi connectivity index (χ1) is 12.6. The Hall–Kier alpha value is -3.02. The molecule has 2 atom stereocenters. The Bertz CT molecular complexity index is 805. The van der Waals surface area contributed by atoms with Crippen LogP contribution in [0.3, 0.4) is 0 Å². The van der Waals surface area contributed by atoms with Crippen molar-refractivity contribution in [3.8, 4) is 11.5 Å². The van der Waals surface area contributed by atoms with Gasteiger partial charge in [-0.15, -0.1) is 0 Å². The third-order valence-corrected chi connectivity index (χ3v) is 4.34. The molecule has 3 rings (SSSR count). The Morgan fingerprint density at radius 1 is 1.15 bits per heavy atom. The Kier molecular flexibility index (Phi) is 5.41. The molecule has 0 unspecified atom stereocenters. The summed E-state index contributed by atoms with van der Waals surface area (Å²) in [5.41, 5.74) is 2.59. The molecule has 1 amide bonds. The number of ether oxygens (including phenoxy) is 2. The van der Waals surface area contributed by atoms with Gasteiger partial charge in [-0.25, -0.2) is 0 Å². The van der Waals surface area contributed by atoms with Crippen LogP contribution in [0.1, 0.15) is 30.5 Å². The second-order valence-electron chi connectivity index (χ2n) is 6.05. The van der Waals surface area contributed by atoms with Crippen molar-refractivity contribution in [2.45, 2.75) is 25.5 Å². The van der Waals surface area contributed by atoms with Gasteiger partial charge in [0.1, 0.15) is 0 Å². The number of methoxy groups -OCH3 is 2. The molecule has 1 aliphatic heterocycles. The van der Waals surface area contributed by atoms with Gasteiger partial charge in [0.15, 0.2) is 11.5 Å². The Labute approximate surface area is 152 Å². The second-order valence-corrected chi connectivity index (χ2v) is 6.05. The van der Waals surface area contributed by atoms with Crippen LogP contribution in [0.4, 0.5) is 0 Å². The van der Waals surface area contributed by atoms with E-state index in [1.54, 1.807) is 14.2 Å². The normalized spacial score (nSPS) is 17.0. The monoisotopic (exact) mass is 354 g/mol. The van der Waals surface area contributed by atoms with E-state index in [-0.39, 0.29) is 11.9 Å². The minimum atomic E-state index is -0.635. The van der Waals surface area contributed by atoms with Gasteiger partial charge in [-0.2, -0.15) is 0 Å².